The Labute approximate surface area is 174 Å². The Morgan fingerprint density at radius 2 is 1.80 bits per heavy atom. The van der Waals surface area contributed by atoms with Crippen LogP contribution in [-0.2, 0) is 15.2 Å². The van der Waals surface area contributed by atoms with Gasteiger partial charge in [0.25, 0.3) is 17.4 Å². The Morgan fingerprint density at radius 1 is 1.13 bits per heavy atom. The highest BCUT2D eigenvalue weighted by atomic mass is 16.6. The van der Waals surface area contributed by atoms with Crippen molar-refractivity contribution in [1.29, 1.82) is 0 Å². The number of likely N-dealkylation sites (N-methyl/N-ethyl adjacent to an activating group) is 1. The van der Waals surface area contributed by atoms with Crippen LogP contribution >= 0.6 is 0 Å². The number of carbonyl (C=O) groups is 2. The van der Waals surface area contributed by atoms with Gasteiger partial charge in [0.05, 0.1) is 4.92 Å². The summed E-state index contributed by atoms with van der Waals surface area (Å²) in [6.07, 6.45) is 4.87. The number of ether oxygens (including phenoxy) is 1. The van der Waals surface area contributed by atoms with Crippen LogP contribution in [0.3, 0.4) is 0 Å². The van der Waals surface area contributed by atoms with Crippen LogP contribution in [0.15, 0.2) is 48.5 Å². The molecule has 2 aromatic carbocycles. The first-order chi connectivity index (χ1) is 14.4. The van der Waals surface area contributed by atoms with Crippen molar-refractivity contribution in [3.63, 3.8) is 0 Å². The van der Waals surface area contributed by atoms with Gasteiger partial charge in [-0.2, -0.15) is 0 Å². The number of nitro benzene ring substituents is 1. The van der Waals surface area contributed by atoms with Crippen LogP contribution in [0, 0.1) is 10.1 Å². The summed E-state index contributed by atoms with van der Waals surface area (Å²) in [5, 5.41) is 14.2. The SMILES string of the molecule is CN(C(=O)C1(Oc2ccccc2[N+](=O)[O-])C(=O)Nc2ccccc21)C1CCCCC1. The zero-order chi connectivity index (χ0) is 21.3. The normalized spacial score (nSPS) is 20.9. The van der Waals surface area contributed by atoms with Crippen molar-refractivity contribution in [2.45, 2.75) is 43.7 Å². The molecular weight excluding hydrogens is 386 g/mol. The van der Waals surface area contributed by atoms with E-state index < -0.39 is 22.3 Å². The van der Waals surface area contributed by atoms with Crippen molar-refractivity contribution < 1.29 is 19.2 Å². The van der Waals surface area contributed by atoms with Gasteiger partial charge in [0.15, 0.2) is 5.75 Å². The van der Waals surface area contributed by atoms with Crippen LogP contribution in [0.2, 0.25) is 0 Å². The summed E-state index contributed by atoms with van der Waals surface area (Å²) in [6, 6.07) is 12.6. The Balaban J connectivity index is 1.82. The lowest BCUT2D eigenvalue weighted by Crippen LogP contribution is -2.56. The molecule has 156 valence electrons. The molecule has 2 amide bonds. The Kier molecular flexibility index (Phi) is 5.15. The van der Waals surface area contributed by atoms with Crippen molar-refractivity contribution in [3.05, 3.63) is 64.2 Å². The molecule has 4 rings (SSSR count). The van der Waals surface area contributed by atoms with Crippen molar-refractivity contribution in [2.24, 2.45) is 0 Å². The summed E-state index contributed by atoms with van der Waals surface area (Å²) in [4.78, 5) is 39.5. The number of nitrogens with one attached hydrogen (secondary N) is 1. The van der Waals surface area contributed by atoms with Gasteiger partial charge in [-0.05, 0) is 25.0 Å². The van der Waals surface area contributed by atoms with Gasteiger partial charge in [-0.3, -0.25) is 19.7 Å². The number of rotatable bonds is 5. The lowest BCUT2D eigenvalue weighted by Gasteiger charge is -2.37. The van der Waals surface area contributed by atoms with Crippen molar-refractivity contribution >= 4 is 23.2 Å². The van der Waals surface area contributed by atoms with E-state index in [-0.39, 0.29) is 17.5 Å². The monoisotopic (exact) mass is 409 g/mol. The first kappa shape index (κ1) is 19.9. The first-order valence-electron chi connectivity index (χ1n) is 10.1. The molecular formula is C22H23N3O5. The Morgan fingerprint density at radius 3 is 2.53 bits per heavy atom. The lowest BCUT2D eigenvalue weighted by molar-refractivity contribution is -0.386. The summed E-state index contributed by atoms with van der Waals surface area (Å²) in [7, 11) is 1.68. The fourth-order valence-electron chi connectivity index (χ4n) is 4.33. The topological polar surface area (TPSA) is 102 Å². The molecule has 1 N–H and O–H groups in total. The predicted molar refractivity (Wildman–Crippen MR) is 110 cm³/mol. The molecule has 1 saturated carbocycles. The van der Waals surface area contributed by atoms with Gasteiger partial charge in [0, 0.05) is 30.4 Å². The van der Waals surface area contributed by atoms with E-state index in [2.05, 4.69) is 5.32 Å². The van der Waals surface area contributed by atoms with Gasteiger partial charge in [-0.15, -0.1) is 0 Å². The molecule has 1 aliphatic carbocycles. The van der Waals surface area contributed by atoms with Crippen LogP contribution in [0.1, 0.15) is 37.7 Å². The molecule has 1 atom stereocenters. The number of fused-ring (bicyclic) bond motifs is 1. The van der Waals surface area contributed by atoms with Gasteiger partial charge in [0.1, 0.15) is 0 Å². The summed E-state index contributed by atoms with van der Waals surface area (Å²) >= 11 is 0. The van der Waals surface area contributed by atoms with Gasteiger partial charge in [-0.25, -0.2) is 0 Å². The molecule has 0 saturated heterocycles. The molecule has 2 aromatic rings. The van der Waals surface area contributed by atoms with Crippen LogP contribution in [0.25, 0.3) is 0 Å². The molecule has 0 radical (unpaired) electrons. The largest absolute Gasteiger partial charge is 0.455 e. The molecule has 30 heavy (non-hydrogen) atoms. The zero-order valence-corrected chi connectivity index (χ0v) is 16.7. The van der Waals surface area contributed by atoms with Crippen LogP contribution in [0.4, 0.5) is 11.4 Å². The van der Waals surface area contributed by atoms with E-state index >= 15 is 0 Å². The Bertz CT molecular complexity index is 1000. The van der Waals surface area contributed by atoms with E-state index in [4.69, 9.17) is 4.74 Å². The van der Waals surface area contributed by atoms with E-state index in [1.54, 1.807) is 42.3 Å². The third-order valence-electron chi connectivity index (χ3n) is 5.94. The molecule has 0 bridgehead atoms. The Hall–Kier alpha value is -3.42. The minimum absolute atomic E-state index is 0.00181. The van der Waals surface area contributed by atoms with Gasteiger partial charge in [0.2, 0.25) is 0 Å². The number of para-hydroxylation sites is 3. The molecule has 0 spiro atoms. The lowest BCUT2D eigenvalue weighted by atomic mass is 9.89. The molecule has 8 nitrogen and oxygen atoms in total. The summed E-state index contributed by atoms with van der Waals surface area (Å²) in [5.41, 5.74) is -1.50. The maximum absolute atomic E-state index is 13.8. The first-order valence-corrected chi connectivity index (χ1v) is 10.1. The average Bonchev–Trinajstić information content (AvgIpc) is 3.05. The maximum atomic E-state index is 13.8. The van der Waals surface area contributed by atoms with Gasteiger partial charge >= 0.3 is 5.69 Å². The van der Waals surface area contributed by atoms with E-state index in [0.717, 1.165) is 32.1 Å². The number of anilines is 1. The summed E-state index contributed by atoms with van der Waals surface area (Å²) in [6.45, 7) is 0. The fourth-order valence-corrected chi connectivity index (χ4v) is 4.33. The number of benzene rings is 2. The smallest absolute Gasteiger partial charge is 0.311 e. The molecule has 1 fully saturated rings. The average molecular weight is 409 g/mol. The molecule has 1 unspecified atom stereocenters. The van der Waals surface area contributed by atoms with E-state index in [0.29, 0.717) is 11.3 Å². The van der Waals surface area contributed by atoms with Crippen LogP contribution in [-0.4, -0.2) is 34.7 Å². The number of nitrogens with zero attached hydrogens (tertiary/aromatic N) is 2. The minimum atomic E-state index is -2.02. The number of nitro groups is 1. The third kappa shape index (κ3) is 3.18. The van der Waals surface area contributed by atoms with Crippen LogP contribution in [0.5, 0.6) is 5.75 Å². The quantitative estimate of drug-likeness (QED) is 0.462. The standard InChI is InChI=1S/C22H23N3O5/c1-24(15-9-3-2-4-10-15)21(27)22(16-11-5-6-12-17(16)23-20(22)26)30-19-14-8-7-13-18(19)25(28)29/h5-8,11-15H,2-4,9-10H2,1H3,(H,23,26). The number of hydrogen-bond donors (Lipinski definition) is 1. The number of carbonyl (C=O) groups excluding carboxylic acids is 2. The maximum Gasteiger partial charge on any atom is 0.311 e. The van der Waals surface area contributed by atoms with Crippen molar-refractivity contribution in [2.75, 3.05) is 12.4 Å². The van der Waals surface area contributed by atoms with E-state index in [1.807, 2.05) is 0 Å². The molecule has 2 aliphatic rings. The van der Waals surface area contributed by atoms with Gasteiger partial charge in [-0.1, -0.05) is 49.6 Å². The van der Waals surface area contributed by atoms with E-state index in [9.17, 15) is 19.7 Å². The molecule has 8 heteroatoms. The highest BCUT2D eigenvalue weighted by Crippen LogP contribution is 2.43. The number of amides is 2. The zero-order valence-electron chi connectivity index (χ0n) is 16.7. The minimum Gasteiger partial charge on any atom is -0.455 e. The predicted octanol–water partition coefficient (Wildman–Crippen LogP) is 3.61. The van der Waals surface area contributed by atoms with Crippen LogP contribution < -0.4 is 10.1 Å². The van der Waals surface area contributed by atoms with Crippen molar-refractivity contribution in [1.82, 2.24) is 4.90 Å². The highest BCUT2D eigenvalue weighted by molar-refractivity contribution is 6.19. The molecule has 1 aliphatic heterocycles. The van der Waals surface area contributed by atoms with Gasteiger partial charge < -0.3 is 15.0 Å². The van der Waals surface area contributed by atoms with Crippen molar-refractivity contribution in [3.8, 4) is 5.75 Å². The summed E-state index contributed by atoms with van der Waals surface area (Å²) < 4.78 is 6.02. The number of hydrogen-bond acceptors (Lipinski definition) is 5. The van der Waals surface area contributed by atoms with E-state index in [1.165, 1.54) is 18.2 Å². The summed E-state index contributed by atoms with van der Waals surface area (Å²) in [5.74, 6) is -1.29. The third-order valence-corrected chi connectivity index (χ3v) is 5.94. The second-order valence-corrected chi connectivity index (χ2v) is 7.72. The second kappa shape index (κ2) is 7.78. The fraction of sp³-hybridized carbons (Fsp3) is 0.364. The highest BCUT2D eigenvalue weighted by Gasteiger charge is 2.58. The second-order valence-electron chi connectivity index (χ2n) is 7.72. The molecule has 1 heterocycles. The molecule has 0 aromatic heterocycles.